The average molecular weight is 375 g/mol. The van der Waals surface area contributed by atoms with E-state index < -0.39 is 43.5 Å². The molecule has 146 valence electrons. The van der Waals surface area contributed by atoms with Crippen LogP contribution in [0.5, 0.6) is 0 Å². The van der Waals surface area contributed by atoms with Gasteiger partial charge in [0.1, 0.15) is 11.2 Å². The SMILES string of the molecule is CC(C)(C)OC(=O)NC1CCN(C(=O)O)[C@H](CC[Si](C)(C)C)[C@]1(C)O. The van der Waals surface area contributed by atoms with Gasteiger partial charge in [-0.25, -0.2) is 9.59 Å². The Morgan fingerprint density at radius 1 is 1.32 bits per heavy atom. The quantitative estimate of drug-likeness (QED) is 0.657. The maximum atomic E-state index is 12.1. The molecule has 1 rings (SSSR count). The maximum absolute atomic E-state index is 12.1. The van der Waals surface area contributed by atoms with E-state index in [1.54, 1.807) is 27.7 Å². The van der Waals surface area contributed by atoms with Gasteiger partial charge in [0.05, 0.1) is 12.1 Å². The van der Waals surface area contributed by atoms with E-state index in [1.165, 1.54) is 4.90 Å². The first kappa shape index (κ1) is 21.8. The maximum Gasteiger partial charge on any atom is 0.407 e. The molecule has 1 fully saturated rings. The summed E-state index contributed by atoms with van der Waals surface area (Å²) in [7, 11) is -1.40. The Morgan fingerprint density at radius 3 is 2.32 bits per heavy atom. The number of alkyl carbamates (subject to hydrolysis) is 1. The van der Waals surface area contributed by atoms with Gasteiger partial charge in [-0.3, -0.25) is 0 Å². The van der Waals surface area contributed by atoms with Gasteiger partial charge in [-0.1, -0.05) is 25.7 Å². The molecular weight excluding hydrogens is 340 g/mol. The zero-order chi connectivity index (χ0) is 19.6. The summed E-state index contributed by atoms with van der Waals surface area (Å²) >= 11 is 0. The molecule has 1 saturated heterocycles. The normalized spacial score (nSPS) is 27.8. The Balaban J connectivity index is 2.93. The number of nitrogens with zero attached hydrogens (tertiary/aromatic N) is 1. The van der Waals surface area contributed by atoms with Crippen molar-refractivity contribution in [3.63, 3.8) is 0 Å². The summed E-state index contributed by atoms with van der Waals surface area (Å²) in [6.07, 6.45) is -0.689. The number of nitrogens with one attached hydrogen (secondary N) is 1. The molecule has 1 aliphatic rings. The summed E-state index contributed by atoms with van der Waals surface area (Å²) < 4.78 is 5.27. The fourth-order valence-corrected chi connectivity index (χ4v) is 4.32. The molecule has 0 aliphatic carbocycles. The number of rotatable bonds is 4. The highest BCUT2D eigenvalue weighted by molar-refractivity contribution is 6.76. The van der Waals surface area contributed by atoms with Gasteiger partial charge in [0.2, 0.25) is 0 Å². The van der Waals surface area contributed by atoms with Gasteiger partial charge in [0.15, 0.2) is 0 Å². The molecule has 0 aromatic heterocycles. The first-order valence-electron chi connectivity index (χ1n) is 8.85. The molecule has 1 unspecified atom stereocenters. The lowest BCUT2D eigenvalue weighted by atomic mass is 9.80. The summed E-state index contributed by atoms with van der Waals surface area (Å²) in [5.74, 6) is 0. The van der Waals surface area contributed by atoms with Crippen LogP contribution in [0.1, 0.15) is 40.5 Å². The lowest BCUT2D eigenvalue weighted by Crippen LogP contribution is -2.67. The van der Waals surface area contributed by atoms with E-state index >= 15 is 0 Å². The third-order valence-corrected chi connectivity index (χ3v) is 6.31. The predicted octanol–water partition coefficient (Wildman–Crippen LogP) is 3.11. The number of amides is 2. The molecule has 25 heavy (non-hydrogen) atoms. The lowest BCUT2D eigenvalue weighted by Gasteiger charge is -2.49. The second-order valence-electron chi connectivity index (χ2n) is 9.30. The minimum atomic E-state index is -1.40. The fraction of sp³-hybridized carbons (Fsp3) is 0.882. The van der Waals surface area contributed by atoms with Crippen LogP contribution in [0.2, 0.25) is 25.7 Å². The van der Waals surface area contributed by atoms with Crippen molar-refractivity contribution in [1.82, 2.24) is 10.2 Å². The van der Waals surface area contributed by atoms with E-state index in [2.05, 4.69) is 25.0 Å². The van der Waals surface area contributed by atoms with Crippen LogP contribution < -0.4 is 5.32 Å². The zero-order valence-electron chi connectivity index (χ0n) is 16.5. The van der Waals surface area contributed by atoms with Crippen molar-refractivity contribution in [3.05, 3.63) is 0 Å². The van der Waals surface area contributed by atoms with Gasteiger partial charge in [-0.05, 0) is 40.5 Å². The molecular formula is C17H34N2O5Si. The number of likely N-dealkylation sites (tertiary alicyclic amines) is 1. The summed E-state index contributed by atoms with van der Waals surface area (Å²) in [6, 6.07) is -0.202. The summed E-state index contributed by atoms with van der Waals surface area (Å²) in [6.45, 7) is 13.9. The average Bonchev–Trinajstić information content (AvgIpc) is 2.35. The van der Waals surface area contributed by atoms with E-state index in [0.29, 0.717) is 12.8 Å². The predicted molar refractivity (Wildman–Crippen MR) is 99.7 cm³/mol. The van der Waals surface area contributed by atoms with Crippen LogP contribution in [0.3, 0.4) is 0 Å². The molecule has 0 spiro atoms. The summed E-state index contributed by atoms with van der Waals surface area (Å²) in [4.78, 5) is 25.0. The van der Waals surface area contributed by atoms with Crippen LogP contribution in [0.15, 0.2) is 0 Å². The number of carboxylic acid groups (broad SMARTS) is 1. The second kappa shape index (κ2) is 7.53. The first-order chi connectivity index (χ1) is 11.1. The molecule has 1 aliphatic heterocycles. The van der Waals surface area contributed by atoms with Crippen LogP contribution in [-0.2, 0) is 4.74 Å². The highest BCUT2D eigenvalue weighted by Gasteiger charge is 2.49. The van der Waals surface area contributed by atoms with Gasteiger partial charge in [0.25, 0.3) is 0 Å². The van der Waals surface area contributed by atoms with Gasteiger partial charge in [0, 0.05) is 14.6 Å². The van der Waals surface area contributed by atoms with Crippen LogP contribution in [0, 0.1) is 0 Å². The number of carbonyl (C=O) groups excluding carboxylic acids is 1. The van der Waals surface area contributed by atoms with Crippen LogP contribution in [0.4, 0.5) is 9.59 Å². The Hall–Kier alpha value is -1.28. The molecule has 1 heterocycles. The van der Waals surface area contributed by atoms with Crippen molar-refractivity contribution in [2.45, 2.75) is 89.5 Å². The van der Waals surface area contributed by atoms with Crippen molar-refractivity contribution in [2.24, 2.45) is 0 Å². The largest absolute Gasteiger partial charge is 0.465 e. The molecule has 7 nitrogen and oxygen atoms in total. The van der Waals surface area contributed by atoms with Crippen molar-refractivity contribution >= 4 is 20.3 Å². The van der Waals surface area contributed by atoms with E-state index in [4.69, 9.17) is 4.74 Å². The monoisotopic (exact) mass is 374 g/mol. The number of hydrogen-bond donors (Lipinski definition) is 3. The number of ether oxygens (including phenoxy) is 1. The van der Waals surface area contributed by atoms with Gasteiger partial charge in [-0.15, -0.1) is 0 Å². The topological polar surface area (TPSA) is 99.1 Å². The Kier molecular flexibility index (Phi) is 6.55. The third kappa shape index (κ3) is 6.50. The number of hydrogen-bond acceptors (Lipinski definition) is 4. The van der Waals surface area contributed by atoms with E-state index in [9.17, 15) is 19.8 Å². The van der Waals surface area contributed by atoms with Crippen molar-refractivity contribution in [3.8, 4) is 0 Å². The number of aliphatic hydroxyl groups is 1. The first-order valence-corrected chi connectivity index (χ1v) is 12.6. The smallest absolute Gasteiger partial charge is 0.407 e. The van der Waals surface area contributed by atoms with Gasteiger partial charge >= 0.3 is 12.2 Å². The minimum Gasteiger partial charge on any atom is -0.465 e. The molecule has 0 aromatic rings. The lowest BCUT2D eigenvalue weighted by molar-refractivity contribution is -0.0832. The van der Waals surface area contributed by atoms with Crippen LogP contribution in [-0.4, -0.2) is 65.2 Å². The van der Waals surface area contributed by atoms with E-state index in [1.807, 2.05) is 0 Å². The second-order valence-corrected chi connectivity index (χ2v) is 14.9. The van der Waals surface area contributed by atoms with Gasteiger partial charge in [-0.2, -0.15) is 0 Å². The number of carbonyl (C=O) groups is 2. The highest BCUT2D eigenvalue weighted by atomic mass is 28.3. The third-order valence-electron chi connectivity index (χ3n) is 4.52. The van der Waals surface area contributed by atoms with Crippen molar-refractivity contribution in [1.29, 1.82) is 0 Å². The fourth-order valence-electron chi connectivity index (χ4n) is 3.18. The van der Waals surface area contributed by atoms with Crippen molar-refractivity contribution < 1.29 is 24.5 Å². The molecule has 8 heteroatoms. The van der Waals surface area contributed by atoms with E-state index in [-0.39, 0.29) is 6.54 Å². The zero-order valence-corrected chi connectivity index (χ0v) is 17.5. The Bertz CT molecular complexity index is 496. The van der Waals surface area contributed by atoms with Crippen molar-refractivity contribution in [2.75, 3.05) is 6.54 Å². The molecule has 0 radical (unpaired) electrons. The summed E-state index contributed by atoms with van der Waals surface area (Å²) in [5, 5.41) is 23.3. The number of piperidine rings is 1. The molecule has 0 aromatic carbocycles. The standard InChI is InChI=1S/C17H34N2O5Si/c1-16(2,3)24-14(20)18-12-8-10-19(15(21)22)13(17(12,4)23)9-11-25(5,6)7/h12-13,23H,8-11H2,1-7H3,(H,18,20)(H,21,22)/t12?,13-,17-/m1/s1. The molecule has 2 amide bonds. The van der Waals surface area contributed by atoms with Gasteiger partial charge < -0.3 is 25.2 Å². The molecule has 0 bridgehead atoms. The Labute approximate surface area is 151 Å². The van der Waals surface area contributed by atoms with Crippen LogP contribution in [0.25, 0.3) is 0 Å². The van der Waals surface area contributed by atoms with E-state index in [0.717, 1.165) is 6.04 Å². The van der Waals surface area contributed by atoms with Crippen LogP contribution >= 0.6 is 0 Å². The molecule has 3 N–H and O–H groups in total. The Morgan fingerprint density at radius 2 is 1.88 bits per heavy atom. The minimum absolute atomic E-state index is 0.280. The molecule has 3 atom stereocenters. The molecule has 0 saturated carbocycles. The highest BCUT2D eigenvalue weighted by Crippen LogP contribution is 2.33. The summed E-state index contributed by atoms with van der Waals surface area (Å²) in [5.41, 5.74) is -1.98.